The lowest BCUT2D eigenvalue weighted by atomic mass is 10.2. The maximum absolute atomic E-state index is 11.6. The van der Waals surface area contributed by atoms with E-state index in [0.29, 0.717) is 0 Å². The van der Waals surface area contributed by atoms with Crippen LogP contribution in [0.3, 0.4) is 0 Å². The average molecular weight is 236 g/mol. The Morgan fingerprint density at radius 2 is 2.18 bits per heavy atom. The molecule has 0 fully saturated rings. The van der Waals surface area contributed by atoms with E-state index in [0.717, 1.165) is 5.69 Å². The molecular weight excluding hydrogens is 216 g/mol. The molecule has 94 valence electrons. The lowest BCUT2D eigenvalue weighted by molar-refractivity contribution is -0.131. The molecule has 0 aliphatic rings. The van der Waals surface area contributed by atoms with Gasteiger partial charge >= 0.3 is 0 Å². The number of hydrogen-bond donors (Lipinski definition) is 1. The zero-order valence-corrected chi connectivity index (χ0v) is 10.9. The monoisotopic (exact) mass is 236 g/mol. The number of aromatic nitrogens is 1. The quantitative estimate of drug-likeness (QED) is 0.870. The number of nitrogens with one attached hydrogen (secondary N) is 1. The van der Waals surface area contributed by atoms with Crippen molar-refractivity contribution in [1.29, 1.82) is 0 Å². The van der Waals surface area contributed by atoms with E-state index in [1.54, 1.807) is 6.20 Å². The second-order valence-corrected chi connectivity index (χ2v) is 4.94. The van der Waals surface area contributed by atoms with Crippen LogP contribution in [0, 0.1) is 0 Å². The van der Waals surface area contributed by atoms with Gasteiger partial charge in [0.1, 0.15) is 6.61 Å². The number of hydrogen-bond acceptors (Lipinski definition) is 3. The molecule has 17 heavy (non-hydrogen) atoms. The van der Waals surface area contributed by atoms with Crippen LogP contribution < -0.4 is 5.32 Å². The SMILES string of the molecule is C[C@@H](NC(=O)COC(C)(C)C)c1ccccn1. The molecule has 1 heterocycles. The molecule has 4 heteroatoms. The van der Waals surface area contributed by atoms with Gasteiger partial charge in [-0.15, -0.1) is 0 Å². The minimum atomic E-state index is -0.300. The van der Waals surface area contributed by atoms with Crippen LogP contribution in [0.5, 0.6) is 0 Å². The Kier molecular flexibility index (Phi) is 4.63. The van der Waals surface area contributed by atoms with E-state index in [1.807, 2.05) is 45.9 Å². The van der Waals surface area contributed by atoms with Crippen LogP contribution in [0.4, 0.5) is 0 Å². The predicted molar refractivity (Wildman–Crippen MR) is 66.5 cm³/mol. The van der Waals surface area contributed by atoms with Crippen LogP contribution >= 0.6 is 0 Å². The minimum Gasteiger partial charge on any atom is -0.366 e. The fourth-order valence-electron chi connectivity index (χ4n) is 1.27. The molecule has 0 aliphatic heterocycles. The molecular formula is C13H20N2O2. The van der Waals surface area contributed by atoms with Crippen molar-refractivity contribution in [3.8, 4) is 0 Å². The van der Waals surface area contributed by atoms with Crippen LogP contribution in [-0.2, 0) is 9.53 Å². The normalized spacial score (nSPS) is 13.2. The molecule has 0 radical (unpaired) electrons. The largest absolute Gasteiger partial charge is 0.366 e. The van der Waals surface area contributed by atoms with Gasteiger partial charge in [0, 0.05) is 6.20 Å². The molecule has 0 saturated carbocycles. The van der Waals surface area contributed by atoms with E-state index in [4.69, 9.17) is 4.74 Å². The molecule has 0 aliphatic carbocycles. The van der Waals surface area contributed by atoms with E-state index in [2.05, 4.69) is 10.3 Å². The highest BCUT2D eigenvalue weighted by Crippen LogP contribution is 2.09. The molecule has 1 amide bonds. The summed E-state index contributed by atoms with van der Waals surface area (Å²) in [7, 11) is 0. The van der Waals surface area contributed by atoms with Crippen molar-refractivity contribution in [3.05, 3.63) is 30.1 Å². The summed E-state index contributed by atoms with van der Waals surface area (Å²) >= 11 is 0. The summed E-state index contributed by atoms with van der Waals surface area (Å²) in [6.45, 7) is 7.73. The topological polar surface area (TPSA) is 51.2 Å². The van der Waals surface area contributed by atoms with Gasteiger partial charge in [-0.2, -0.15) is 0 Å². The highest BCUT2D eigenvalue weighted by atomic mass is 16.5. The van der Waals surface area contributed by atoms with Crippen molar-refractivity contribution in [2.24, 2.45) is 0 Å². The lowest BCUT2D eigenvalue weighted by Crippen LogP contribution is -2.33. The van der Waals surface area contributed by atoms with Gasteiger partial charge in [-0.1, -0.05) is 6.07 Å². The smallest absolute Gasteiger partial charge is 0.246 e. The fourth-order valence-corrected chi connectivity index (χ4v) is 1.27. The third-order valence-corrected chi connectivity index (χ3v) is 2.15. The van der Waals surface area contributed by atoms with Gasteiger partial charge in [0.25, 0.3) is 0 Å². The van der Waals surface area contributed by atoms with Crippen molar-refractivity contribution in [1.82, 2.24) is 10.3 Å². The van der Waals surface area contributed by atoms with Gasteiger partial charge in [0.15, 0.2) is 0 Å². The second-order valence-electron chi connectivity index (χ2n) is 4.94. The zero-order valence-electron chi connectivity index (χ0n) is 10.9. The molecule has 4 nitrogen and oxygen atoms in total. The van der Waals surface area contributed by atoms with Crippen molar-refractivity contribution in [2.45, 2.75) is 39.3 Å². The van der Waals surface area contributed by atoms with Crippen LogP contribution in [0.25, 0.3) is 0 Å². The Hall–Kier alpha value is -1.42. The predicted octanol–water partition coefficient (Wildman–Crippen LogP) is 2.07. The summed E-state index contributed by atoms with van der Waals surface area (Å²) in [4.78, 5) is 15.8. The van der Waals surface area contributed by atoms with Crippen LogP contribution in [0.2, 0.25) is 0 Å². The van der Waals surface area contributed by atoms with Gasteiger partial charge in [0.05, 0.1) is 17.3 Å². The molecule has 0 aromatic carbocycles. The first kappa shape index (κ1) is 13.6. The number of carbonyl (C=O) groups is 1. The number of amides is 1. The Morgan fingerprint density at radius 1 is 1.47 bits per heavy atom. The fraction of sp³-hybridized carbons (Fsp3) is 0.538. The highest BCUT2D eigenvalue weighted by molar-refractivity contribution is 5.77. The standard InChI is InChI=1S/C13H20N2O2/c1-10(11-7-5-6-8-14-11)15-12(16)9-17-13(2,3)4/h5-8,10H,9H2,1-4H3,(H,15,16)/t10-/m1/s1. The van der Waals surface area contributed by atoms with Crippen molar-refractivity contribution in [3.63, 3.8) is 0 Å². The maximum Gasteiger partial charge on any atom is 0.246 e. The number of nitrogens with zero attached hydrogens (tertiary/aromatic N) is 1. The zero-order chi connectivity index (χ0) is 12.9. The number of ether oxygens (including phenoxy) is 1. The van der Waals surface area contributed by atoms with Crippen LogP contribution in [-0.4, -0.2) is 23.1 Å². The Bertz CT molecular complexity index is 357. The van der Waals surface area contributed by atoms with Crippen LogP contribution in [0.1, 0.15) is 39.4 Å². The molecule has 1 atom stereocenters. The Labute approximate surface area is 102 Å². The summed E-state index contributed by atoms with van der Waals surface area (Å²) < 4.78 is 5.40. The van der Waals surface area contributed by atoms with E-state index in [-0.39, 0.29) is 24.2 Å². The Balaban J connectivity index is 2.42. The third-order valence-electron chi connectivity index (χ3n) is 2.15. The first-order valence-electron chi connectivity index (χ1n) is 5.73. The number of pyridine rings is 1. The Morgan fingerprint density at radius 3 is 2.71 bits per heavy atom. The first-order chi connectivity index (χ1) is 7.88. The first-order valence-corrected chi connectivity index (χ1v) is 5.73. The van der Waals surface area contributed by atoms with Crippen molar-refractivity contribution in [2.75, 3.05) is 6.61 Å². The van der Waals surface area contributed by atoms with Crippen LogP contribution in [0.15, 0.2) is 24.4 Å². The molecule has 1 rings (SSSR count). The summed E-state index contributed by atoms with van der Waals surface area (Å²) in [5.41, 5.74) is 0.544. The summed E-state index contributed by atoms with van der Waals surface area (Å²) in [6.07, 6.45) is 1.71. The van der Waals surface area contributed by atoms with E-state index >= 15 is 0 Å². The number of carbonyl (C=O) groups excluding carboxylic acids is 1. The molecule has 1 N–H and O–H groups in total. The number of rotatable bonds is 4. The second kappa shape index (κ2) is 5.77. The molecule has 0 spiro atoms. The van der Waals surface area contributed by atoms with E-state index < -0.39 is 0 Å². The molecule has 0 unspecified atom stereocenters. The lowest BCUT2D eigenvalue weighted by Gasteiger charge is -2.20. The van der Waals surface area contributed by atoms with Gasteiger partial charge in [0.2, 0.25) is 5.91 Å². The highest BCUT2D eigenvalue weighted by Gasteiger charge is 2.15. The summed E-state index contributed by atoms with van der Waals surface area (Å²) in [6, 6.07) is 5.53. The van der Waals surface area contributed by atoms with Crippen molar-refractivity contribution >= 4 is 5.91 Å². The van der Waals surface area contributed by atoms with Crippen molar-refractivity contribution < 1.29 is 9.53 Å². The third kappa shape index (κ3) is 5.45. The minimum absolute atomic E-state index is 0.0701. The van der Waals surface area contributed by atoms with Gasteiger partial charge in [-0.25, -0.2) is 0 Å². The van der Waals surface area contributed by atoms with Gasteiger partial charge in [-0.05, 0) is 39.8 Å². The summed E-state index contributed by atoms with van der Waals surface area (Å²) in [5.74, 6) is -0.127. The average Bonchev–Trinajstić information content (AvgIpc) is 2.27. The molecule has 1 aromatic rings. The molecule has 0 saturated heterocycles. The van der Waals surface area contributed by atoms with Gasteiger partial charge < -0.3 is 10.1 Å². The molecule has 0 bridgehead atoms. The van der Waals surface area contributed by atoms with E-state index in [1.165, 1.54) is 0 Å². The van der Waals surface area contributed by atoms with E-state index in [9.17, 15) is 4.79 Å². The maximum atomic E-state index is 11.6. The molecule has 1 aromatic heterocycles. The summed E-state index contributed by atoms with van der Waals surface area (Å²) in [5, 5.41) is 2.84. The van der Waals surface area contributed by atoms with Gasteiger partial charge in [-0.3, -0.25) is 9.78 Å².